The van der Waals surface area contributed by atoms with Crippen LogP contribution in [0.5, 0.6) is 0 Å². The van der Waals surface area contributed by atoms with Crippen LogP contribution in [0.1, 0.15) is 52.9 Å². The van der Waals surface area contributed by atoms with E-state index in [0.717, 1.165) is 45.6 Å². The summed E-state index contributed by atoms with van der Waals surface area (Å²) in [5, 5.41) is 0. The second kappa shape index (κ2) is 9.33. The monoisotopic (exact) mass is 405 g/mol. The maximum absolute atomic E-state index is 14.2. The lowest BCUT2D eigenvalue weighted by Crippen LogP contribution is -2.48. The van der Waals surface area contributed by atoms with Gasteiger partial charge in [-0.25, -0.2) is 4.39 Å². The Labute approximate surface area is 174 Å². The molecule has 0 atom stereocenters. The third-order valence-corrected chi connectivity index (χ3v) is 6.04. The molecule has 1 saturated carbocycles. The van der Waals surface area contributed by atoms with Crippen LogP contribution in [0, 0.1) is 17.7 Å². The van der Waals surface area contributed by atoms with Gasteiger partial charge in [-0.1, -0.05) is 0 Å². The second-order valence-electron chi connectivity index (χ2n) is 9.68. The van der Waals surface area contributed by atoms with Crippen molar-refractivity contribution in [1.82, 2.24) is 4.90 Å². The smallest absolute Gasteiger partial charge is 0.306 e. The van der Waals surface area contributed by atoms with Crippen LogP contribution in [-0.2, 0) is 9.53 Å². The zero-order chi connectivity index (χ0) is 21.0. The first-order valence-electron chi connectivity index (χ1n) is 10.9. The summed E-state index contributed by atoms with van der Waals surface area (Å²) in [5.74, 6) is 0.866. The normalized spacial score (nSPS) is 23.8. The molecule has 162 valence electrons. The highest BCUT2D eigenvalue weighted by molar-refractivity contribution is 5.70. The van der Waals surface area contributed by atoms with Crippen LogP contribution >= 0.6 is 0 Å². The van der Waals surface area contributed by atoms with Crippen molar-refractivity contribution in [3.8, 4) is 0 Å². The van der Waals surface area contributed by atoms with Crippen LogP contribution in [-0.4, -0.2) is 49.2 Å². The summed E-state index contributed by atoms with van der Waals surface area (Å²) in [6, 6.07) is 4.95. The molecule has 5 nitrogen and oxygen atoms in total. The van der Waals surface area contributed by atoms with Crippen molar-refractivity contribution in [3.63, 3.8) is 0 Å². The number of nitrogens with two attached hydrogens (primary N) is 1. The molecule has 0 bridgehead atoms. The molecule has 0 aromatic heterocycles. The summed E-state index contributed by atoms with van der Waals surface area (Å²) in [7, 11) is 0. The maximum Gasteiger partial charge on any atom is 0.306 e. The van der Waals surface area contributed by atoms with Crippen LogP contribution in [0.25, 0.3) is 0 Å². The molecular weight excluding hydrogens is 369 g/mol. The molecule has 6 heteroatoms. The fraction of sp³-hybridized carbons (Fsp3) is 0.696. The fourth-order valence-corrected chi connectivity index (χ4v) is 4.55. The SMILES string of the molecule is CC(C)(C)OC(=O)C[C@H]1CC[C@H](CN2CCN(c3ccc(N)cc3F)CC2)CC1. The molecule has 0 spiro atoms. The van der Waals surface area contributed by atoms with E-state index in [4.69, 9.17) is 10.5 Å². The summed E-state index contributed by atoms with van der Waals surface area (Å²) in [6.07, 6.45) is 5.14. The van der Waals surface area contributed by atoms with Crippen molar-refractivity contribution in [2.75, 3.05) is 43.4 Å². The topological polar surface area (TPSA) is 58.8 Å². The zero-order valence-corrected chi connectivity index (χ0v) is 18.1. The van der Waals surface area contributed by atoms with Crippen LogP contribution in [0.4, 0.5) is 15.8 Å². The number of esters is 1. The molecule has 1 saturated heterocycles. The fourth-order valence-electron chi connectivity index (χ4n) is 4.55. The summed E-state index contributed by atoms with van der Waals surface area (Å²) in [6.45, 7) is 10.5. The highest BCUT2D eigenvalue weighted by atomic mass is 19.1. The van der Waals surface area contributed by atoms with Gasteiger partial charge in [0, 0.05) is 44.8 Å². The molecule has 2 fully saturated rings. The van der Waals surface area contributed by atoms with E-state index in [1.165, 1.54) is 18.9 Å². The summed E-state index contributed by atoms with van der Waals surface area (Å²) in [5.41, 5.74) is 6.38. The number of anilines is 2. The van der Waals surface area contributed by atoms with Crippen molar-refractivity contribution >= 4 is 17.3 Å². The number of hydrogen-bond acceptors (Lipinski definition) is 5. The van der Waals surface area contributed by atoms with E-state index in [1.807, 2.05) is 20.8 Å². The molecule has 29 heavy (non-hydrogen) atoms. The Morgan fingerprint density at radius 3 is 2.31 bits per heavy atom. The molecule has 1 aromatic carbocycles. The van der Waals surface area contributed by atoms with Gasteiger partial charge in [0.15, 0.2) is 0 Å². The first kappa shape index (κ1) is 21.9. The number of halogens is 1. The van der Waals surface area contributed by atoms with Crippen molar-refractivity contribution in [1.29, 1.82) is 0 Å². The van der Waals surface area contributed by atoms with Gasteiger partial charge in [-0.2, -0.15) is 0 Å². The summed E-state index contributed by atoms with van der Waals surface area (Å²) in [4.78, 5) is 16.7. The lowest BCUT2D eigenvalue weighted by molar-refractivity contribution is -0.156. The molecule has 0 unspecified atom stereocenters. The van der Waals surface area contributed by atoms with Gasteiger partial charge in [0.25, 0.3) is 0 Å². The lowest BCUT2D eigenvalue weighted by Gasteiger charge is -2.39. The predicted molar refractivity (Wildman–Crippen MR) is 115 cm³/mol. The molecule has 1 aliphatic heterocycles. The highest BCUT2D eigenvalue weighted by Crippen LogP contribution is 2.32. The average Bonchev–Trinajstić information content (AvgIpc) is 2.63. The van der Waals surface area contributed by atoms with E-state index < -0.39 is 5.60 Å². The number of benzene rings is 1. The molecule has 1 aromatic rings. The number of hydrogen-bond donors (Lipinski definition) is 1. The highest BCUT2D eigenvalue weighted by Gasteiger charge is 2.28. The van der Waals surface area contributed by atoms with Gasteiger partial charge in [-0.3, -0.25) is 9.69 Å². The minimum atomic E-state index is -0.397. The molecular formula is C23H36FN3O2. The molecule has 1 heterocycles. The van der Waals surface area contributed by atoms with Crippen molar-refractivity contribution < 1.29 is 13.9 Å². The van der Waals surface area contributed by atoms with E-state index >= 15 is 0 Å². The van der Waals surface area contributed by atoms with E-state index in [9.17, 15) is 9.18 Å². The summed E-state index contributed by atoms with van der Waals surface area (Å²) < 4.78 is 19.6. The second-order valence-corrected chi connectivity index (χ2v) is 9.68. The molecule has 3 rings (SSSR count). The van der Waals surface area contributed by atoms with Gasteiger partial charge in [0.05, 0.1) is 5.69 Å². The predicted octanol–water partition coefficient (Wildman–Crippen LogP) is 4.07. The lowest BCUT2D eigenvalue weighted by atomic mass is 9.80. The maximum atomic E-state index is 14.2. The van der Waals surface area contributed by atoms with Gasteiger partial charge >= 0.3 is 5.97 Å². The van der Waals surface area contributed by atoms with Gasteiger partial charge in [-0.15, -0.1) is 0 Å². The standard InChI is InChI=1S/C23H36FN3O2/c1-23(2,3)29-22(28)14-17-4-6-18(7-5-17)16-26-10-12-27(13-11-26)21-9-8-19(25)15-20(21)24/h8-9,15,17-18H,4-7,10-14,16,25H2,1-3H3/t17-,18-. The third-order valence-electron chi connectivity index (χ3n) is 6.04. The number of piperazine rings is 1. The minimum absolute atomic E-state index is 0.0630. The Hall–Kier alpha value is -1.82. The molecule has 0 radical (unpaired) electrons. The minimum Gasteiger partial charge on any atom is -0.460 e. The number of ether oxygens (including phenoxy) is 1. The Morgan fingerprint density at radius 2 is 1.72 bits per heavy atom. The molecule has 1 aliphatic carbocycles. The van der Waals surface area contributed by atoms with Crippen LogP contribution in [0.2, 0.25) is 0 Å². The van der Waals surface area contributed by atoms with Crippen molar-refractivity contribution in [2.45, 2.75) is 58.5 Å². The number of rotatable bonds is 5. The molecule has 0 amide bonds. The van der Waals surface area contributed by atoms with Gasteiger partial charge in [0.1, 0.15) is 11.4 Å². The molecule has 2 aliphatic rings. The van der Waals surface area contributed by atoms with Gasteiger partial charge in [0.2, 0.25) is 0 Å². The van der Waals surface area contributed by atoms with E-state index in [1.54, 1.807) is 12.1 Å². The Bertz CT molecular complexity index is 688. The van der Waals surface area contributed by atoms with Crippen molar-refractivity contribution in [3.05, 3.63) is 24.0 Å². The average molecular weight is 406 g/mol. The van der Waals surface area contributed by atoms with Crippen LogP contribution < -0.4 is 10.6 Å². The number of carbonyl (C=O) groups is 1. The van der Waals surface area contributed by atoms with E-state index in [2.05, 4.69) is 9.80 Å². The number of nitrogens with zero attached hydrogens (tertiary/aromatic N) is 2. The summed E-state index contributed by atoms with van der Waals surface area (Å²) >= 11 is 0. The zero-order valence-electron chi connectivity index (χ0n) is 18.1. The molecule has 2 N–H and O–H groups in total. The Balaban J connectivity index is 1.38. The number of nitrogen functional groups attached to an aromatic ring is 1. The number of carbonyl (C=O) groups excluding carboxylic acids is 1. The van der Waals surface area contributed by atoms with Crippen molar-refractivity contribution in [2.24, 2.45) is 11.8 Å². The quantitative estimate of drug-likeness (QED) is 0.591. The van der Waals surface area contributed by atoms with Crippen LogP contribution in [0.3, 0.4) is 0 Å². The third kappa shape index (κ3) is 6.59. The van der Waals surface area contributed by atoms with Gasteiger partial charge in [-0.05, 0) is 76.5 Å². The Morgan fingerprint density at radius 1 is 1.10 bits per heavy atom. The van der Waals surface area contributed by atoms with E-state index in [-0.39, 0.29) is 11.8 Å². The first-order chi connectivity index (χ1) is 13.7. The van der Waals surface area contributed by atoms with Crippen LogP contribution in [0.15, 0.2) is 18.2 Å². The first-order valence-corrected chi connectivity index (χ1v) is 10.9. The Kier molecular flexibility index (Phi) is 7.04. The largest absolute Gasteiger partial charge is 0.460 e. The van der Waals surface area contributed by atoms with E-state index in [0.29, 0.717) is 29.6 Å². The van der Waals surface area contributed by atoms with Gasteiger partial charge < -0.3 is 15.4 Å².